The maximum Gasteiger partial charge on any atom is 0.294 e. The van der Waals surface area contributed by atoms with Crippen molar-refractivity contribution >= 4 is 29.0 Å². The van der Waals surface area contributed by atoms with Crippen molar-refractivity contribution in [3.8, 4) is 22.8 Å². The Kier molecular flexibility index (Phi) is 7.09. The lowest BCUT2D eigenvalue weighted by molar-refractivity contribution is 0.0950. The Hall–Kier alpha value is -5.03. The molecular weight excluding hydrogens is 508 g/mol. The molecule has 12 heteroatoms. The summed E-state index contributed by atoms with van der Waals surface area (Å²) in [7, 11) is 0. The van der Waals surface area contributed by atoms with Gasteiger partial charge in [0.05, 0.1) is 5.71 Å². The zero-order chi connectivity index (χ0) is 26.5. The number of amides is 1. The number of anilines is 1. The molecule has 0 spiro atoms. The van der Waals surface area contributed by atoms with Crippen molar-refractivity contribution < 1.29 is 14.2 Å². The van der Waals surface area contributed by atoms with E-state index in [1.165, 1.54) is 4.68 Å². The summed E-state index contributed by atoms with van der Waals surface area (Å²) in [6.07, 6.45) is 0. The average Bonchev–Trinajstić information content (AvgIpc) is 3.58. The zero-order valence-corrected chi connectivity index (χ0v) is 20.8. The molecule has 0 atom stereocenters. The molecule has 0 aliphatic carbocycles. The Balaban J connectivity index is 1.32. The molecule has 0 fully saturated rings. The molecule has 1 amide bonds. The van der Waals surface area contributed by atoms with E-state index < -0.39 is 5.91 Å². The predicted octanol–water partition coefficient (Wildman–Crippen LogP) is 4.29. The van der Waals surface area contributed by atoms with Gasteiger partial charge in [-0.2, -0.15) is 9.78 Å². The van der Waals surface area contributed by atoms with Crippen LogP contribution in [0.5, 0.6) is 5.75 Å². The molecule has 190 valence electrons. The van der Waals surface area contributed by atoms with Crippen LogP contribution in [0.25, 0.3) is 17.1 Å². The highest BCUT2D eigenvalue weighted by Crippen LogP contribution is 2.26. The third-order valence-corrected chi connectivity index (χ3v) is 5.95. The summed E-state index contributed by atoms with van der Waals surface area (Å²) in [4.78, 5) is 13.1. The number of nitrogens with two attached hydrogens (primary N) is 1. The van der Waals surface area contributed by atoms with Gasteiger partial charge in [0.1, 0.15) is 18.1 Å². The lowest BCUT2D eigenvalue weighted by Crippen LogP contribution is -2.21. The van der Waals surface area contributed by atoms with E-state index in [9.17, 15) is 4.79 Å². The number of hydrogen-bond donors (Lipinski definition) is 2. The summed E-state index contributed by atoms with van der Waals surface area (Å²) in [5, 5.41) is 20.3. The van der Waals surface area contributed by atoms with Crippen LogP contribution in [0.15, 0.2) is 88.6 Å². The minimum absolute atomic E-state index is 0.00666. The van der Waals surface area contributed by atoms with Crippen molar-refractivity contribution in [2.24, 2.45) is 5.10 Å². The quantitative estimate of drug-likeness (QED) is 0.224. The van der Waals surface area contributed by atoms with Gasteiger partial charge >= 0.3 is 0 Å². The number of rotatable bonds is 8. The number of nitrogen functional groups attached to an aromatic ring is 1. The van der Waals surface area contributed by atoms with Crippen LogP contribution in [0.2, 0.25) is 5.02 Å². The van der Waals surface area contributed by atoms with Gasteiger partial charge in [-0.1, -0.05) is 65.3 Å². The van der Waals surface area contributed by atoms with E-state index in [0.29, 0.717) is 34.3 Å². The lowest BCUT2D eigenvalue weighted by Gasteiger charge is -2.09. The second kappa shape index (κ2) is 10.9. The molecule has 0 aliphatic heterocycles. The number of carbonyl (C=O) groups excluding carboxylic acids is 1. The number of ether oxygens (including phenoxy) is 1. The van der Waals surface area contributed by atoms with Crippen LogP contribution in [0, 0.1) is 0 Å². The maximum absolute atomic E-state index is 13.1. The fraction of sp³-hybridized carbons (Fsp3) is 0.0769. The number of benzene rings is 3. The van der Waals surface area contributed by atoms with Gasteiger partial charge in [0.2, 0.25) is 11.6 Å². The maximum atomic E-state index is 13.1. The number of halogens is 1. The summed E-state index contributed by atoms with van der Waals surface area (Å²) in [5.41, 5.74) is 11.7. The molecule has 11 nitrogen and oxygen atoms in total. The predicted molar refractivity (Wildman–Crippen MR) is 141 cm³/mol. The first-order valence-corrected chi connectivity index (χ1v) is 11.8. The van der Waals surface area contributed by atoms with Gasteiger partial charge in [-0.15, -0.1) is 5.10 Å². The third-order valence-electron chi connectivity index (χ3n) is 5.58. The molecule has 2 heterocycles. The summed E-state index contributed by atoms with van der Waals surface area (Å²) < 4.78 is 11.8. The molecule has 0 aliphatic rings. The van der Waals surface area contributed by atoms with E-state index in [-0.39, 0.29) is 17.3 Å². The molecule has 3 N–H and O–H groups in total. The van der Waals surface area contributed by atoms with Gasteiger partial charge in [-0.3, -0.25) is 4.79 Å². The number of nitrogens with one attached hydrogen (secondary N) is 1. The Morgan fingerprint density at radius 1 is 1.05 bits per heavy atom. The molecule has 0 saturated carbocycles. The highest BCUT2D eigenvalue weighted by molar-refractivity contribution is 6.31. The minimum Gasteiger partial charge on any atom is -0.489 e. The standard InChI is InChI=1S/C26H21ClN8O3/c1-16(17-11-13-20(14-12-17)37-15-19-9-5-6-10-21(19)27)29-31-26(36)22-23(18-7-3-2-4-8-18)35(34-30-22)25-24(28)32-38-33-25/h2-14H,15H2,1H3,(H2,28,32)(H,31,36). The molecule has 0 bridgehead atoms. The van der Waals surface area contributed by atoms with Gasteiger partial charge in [0.25, 0.3) is 5.91 Å². The van der Waals surface area contributed by atoms with Gasteiger partial charge in [-0.25, -0.2) is 10.1 Å². The summed E-state index contributed by atoms with van der Waals surface area (Å²) in [5.74, 6) is 0.236. The molecule has 0 radical (unpaired) electrons. The number of nitrogens with zero attached hydrogens (tertiary/aromatic N) is 6. The molecule has 3 aromatic carbocycles. The second-order valence-corrected chi connectivity index (χ2v) is 8.49. The van der Waals surface area contributed by atoms with Crippen molar-refractivity contribution in [2.45, 2.75) is 13.5 Å². The summed E-state index contributed by atoms with van der Waals surface area (Å²) in [6, 6.07) is 24.0. The highest BCUT2D eigenvalue weighted by atomic mass is 35.5. The van der Waals surface area contributed by atoms with Gasteiger partial charge in [0.15, 0.2) is 5.69 Å². The van der Waals surface area contributed by atoms with Crippen molar-refractivity contribution in [1.82, 2.24) is 30.7 Å². The van der Waals surface area contributed by atoms with Crippen molar-refractivity contribution in [2.75, 3.05) is 5.73 Å². The van der Waals surface area contributed by atoms with Crippen LogP contribution in [0.1, 0.15) is 28.5 Å². The number of aromatic nitrogens is 5. The van der Waals surface area contributed by atoms with Gasteiger partial charge in [-0.05, 0) is 53.1 Å². The van der Waals surface area contributed by atoms with Crippen molar-refractivity contribution in [1.29, 1.82) is 0 Å². The van der Waals surface area contributed by atoms with Gasteiger partial charge < -0.3 is 10.5 Å². The number of carbonyl (C=O) groups is 1. The van der Waals surface area contributed by atoms with E-state index in [1.54, 1.807) is 19.1 Å². The summed E-state index contributed by atoms with van der Waals surface area (Å²) >= 11 is 6.18. The highest BCUT2D eigenvalue weighted by Gasteiger charge is 2.25. The first kappa shape index (κ1) is 24.7. The fourth-order valence-corrected chi connectivity index (χ4v) is 3.79. The Morgan fingerprint density at radius 2 is 1.79 bits per heavy atom. The Morgan fingerprint density at radius 3 is 2.50 bits per heavy atom. The lowest BCUT2D eigenvalue weighted by atomic mass is 10.1. The third kappa shape index (κ3) is 5.22. The smallest absolute Gasteiger partial charge is 0.294 e. The topological polar surface area (TPSA) is 146 Å². The second-order valence-electron chi connectivity index (χ2n) is 8.08. The van der Waals surface area contributed by atoms with Crippen molar-refractivity contribution in [3.05, 3.63) is 101 Å². The van der Waals surface area contributed by atoms with E-state index >= 15 is 0 Å². The fourth-order valence-electron chi connectivity index (χ4n) is 3.60. The van der Waals surface area contributed by atoms with E-state index in [1.807, 2.05) is 66.7 Å². The Bertz CT molecular complexity index is 1600. The van der Waals surface area contributed by atoms with Crippen LogP contribution in [0.4, 0.5) is 5.82 Å². The summed E-state index contributed by atoms with van der Waals surface area (Å²) in [6.45, 7) is 2.12. The molecule has 0 unspecified atom stereocenters. The number of hydrogen-bond acceptors (Lipinski definition) is 9. The van der Waals surface area contributed by atoms with E-state index in [4.69, 9.17) is 22.1 Å². The van der Waals surface area contributed by atoms with E-state index in [0.717, 1.165) is 11.1 Å². The largest absolute Gasteiger partial charge is 0.489 e. The minimum atomic E-state index is -0.566. The average molecular weight is 529 g/mol. The van der Waals surface area contributed by atoms with Crippen LogP contribution >= 0.6 is 11.6 Å². The van der Waals surface area contributed by atoms with Crippen LogP contribution in [0.3, 0.4) is 0 Å². The molecule has 5 rings (SSSR count). The molecule has 2 aromatic heterocycles. The van der Waals surface area contributed by atoms with Crippen LogP contribution in [-0.2, 0) is 6.61 Å². The normalized spacial score (nSPS) is 11.4. The SMILES string of the molecule is CC(=NNC(=O)c1nnn(-c2nonc2N)c1-c1ccccc1)c1ccc(OCc2ccccc2Cl)cc1. The monoisotopic (exact) mass is 528 g/mol. The first-order valence-electron chi connectivity index (χ1n) is 11.4. The van der Waals surface area contributed by atoms with E-state index in [2.05, 4.69) is 35.8 Å². The van der Waals surface area contributed by atoms with Crippen molar-refractivity contribution in [3.63, 3.8) is 0 Å². The first-order chi connectivity index (χ1) is 18.5. The van der Waals surface area contributed by atoms with Gasteiger partial charge in [0, 0.05) is 16.1 Å². The Labute approximate surface area is 221 Å². The molecule has 5 aromatic rings. The van der Waals surface area contributed by atoms with Crippen LogP contribution in [-0.4, -0.2) is 36.9 Å². The van der Waals surface area contributed by atoms with Crippen LogP contribution < -0.4 is 15.9 Å². The zero-order valence-electron chi connectivity index (χ0n) is 20.1. The molecular formula is C26H21ClN8O3. The number of hydrazone groups is 1. The molecule has 38 heavy (non-hydrogen) atoms. The molecule has 0 saturated heterocycles.